The molecule has 0 aliphatic heterocycles. The van der Waals surface area contributed by atoms with E-state index in [2.05, 4.69) is 0 Å². The van der Waals surface area contributed by atoms with E-state index in [1.54, 1.807) is 30.3 Å². The van der Waals surface area contributed by atoms with E-state index in [4.69, 9.17) is 21.1 Å². The summed E-state index contributed by atoms with van der Waals surface area (Å²) in [6.07, 6.45) is 2.79. The van der Waals surface area contributed by atoms with E-state index in [-0.39, 0.29) is 10.5 Å². The standard InChI is InChI=1S/C10H8O3S.C7H10N2O4/c11-14(12,13)10-7-3-5-8-4-1-2-6-9(8)10;8-6(12)2-1-4(5(10)11)3-7(6,9)13/h1-7H,(H,11,12,13);1-3,12-13H,8-9H2,(H,10,11). The van der Waals surface area contributed by atoms with Crippen LogP contribution in [-0.2, 0) is 14.9 Å². The average molecular weight is 394 g/mol. The molecular weight excluding hydrogens is 376 g/mol. The molecule has 10 heteroatoms. The minimum absolute atomic E-state index is 0.0457. The topological polar surface area (TPSA) is 184 Å². The smallest absolute Gasteiger partial charge is 0.335 e. The highest BCUT2D eigenvalue weighted by Gasteiger charge is 2.42. The number of carboxylic acid groups (broad SMARTS) is 1. The molecule has 2 unspecified atom stereocenters. The van der Waals surface area contributed by atoms with Crippen LogP contribution in [0.15, 0.2) is 71.2 Å². The van der Waals surface area contributed by atoms with Crippen LogP contribution in [-0.4, -0.2) is 45.7 Å². The van der Waals surface area contributed by atoms with Crippen LogP contribution >= 0.6 is 0 Å². The largest absolute Gasteiger partial charge is 0.478 e. The second kappa shape index (κ2) is 7.19. The van der Waals surface area contributed by atoms with E-state index < -0.39 is 27.5 Å². The molecule has 0 amide bonds. The van der Waals surface area contributed by atoms with Gasteiger partial charge in [-0.05, 0) is 29.7 Å². The lowest BCUT2D eigenvalue weighted by atomic mass is 9.92. The van der Waals surface area contributed by atoms with Crippen LogP contribution in [0, 0.1) is 0 Å². The summed E-state index contributed by atoms with van der Waals surface area (Å²) < 4.78 is 31.0. The maximum absolute atomic E-state index is 11.0. The van der Waals surface area contributed by atoms with Gasteiger partial charge in [0, 0.05) is 5.39 Å². The Balaban J connectivity index is 0.000000194. The van der Waals surface area contributed by atoms with E-state index in [9.17, 15) is 23.4 Å². The van der Waals surface area contributed by atoms with Gasteiger partial charge in [0.1, 0.15) is 4.90 Å². The molecule has 9 nitrogen and oxygen atoms in total. The zero-order valence-corrected chi connectivity index (χ0v) is 14.7. The molecule has 0 heterocycles. The summed E-state index contributed by atoms with van der Waals surface area (Å²) in [7, 11) is -4.13. The summed E-state index contributed by atoms with van der Waals surface area (Å²) in [6, 6.07) is 11.8. The molecule has 144 valence electrons. The summed E-state index contributed by atoms with van der Waals surface area (Å²) in [4.78, 5) is 10.4. The molecule has 27 heavy (non-hydrogen) atoms. The van der Waals surface area contributed by atoms with Crippen LogP contribution < -0.4 is 11.5 Å². The van der Waals surface area contributed by atoms with Crippen LogP contribution in [0.1, 0.15) is 0 Å². The Labute approximate surface area is 154 Å². The third-order valence-corrected chi connectivity index (χ3v) is 4.72. The zero-order chi connectivity index (χ0) is 20.5. The highest BCUT2D eigenvalue weighted by Crippen LogP contribution is 2.23. The van der Waals surface area contributed by atoms with Crippen molar-refractivity contribution in [3.63, 3.8) is 0 Å². The molecule has 1 aliphatic rings. The maximum Gasteiger partial charge on any atom is 0.335 e. The first-order chi connectivity index (χ1) is 12.3. The van der Waals surface area contributed by atoms with Crippen molar-refractivity contribution in [1.82, 2.24) is 0 Å². The number of hydrogen-bond donors (Lipinski definition) is 6. The molecular formula is C17H18N2O7S. The number of aliphatic carboxylic acids is 1. The Morgan fingerprint density at radius 1 is 0.963 bits per heavy atom. The molecule has 2 aromatic rings. The average Bonchev–Trinajstić information content (AvgIpc) is 2.56. The molecule has 0 bridgehead atoms. The molecule has 0 saturated carbocycles. The summed E-state index contributed by atoms with van der Waals surface area (Å²) >= 11 is 0. The quantitative estimate of drug-likeness (QED) is 0.300. The van der Waals surface area contributed by atoms with Crippen molar-refractivity contribution in [1.29, 1.82) is 0 Å². The van der Waals surface area contributed by atoms with Crippen molar-refractivity contribution >= 4 is 26.9 Å². The van der Waals surface area contributed by atoms with Gasteiger partial charge in [-0.15, -0.1) is 0 Å². The predicted octanol–water partition coefficient (Wildman–Crippen LogP) is -0.0517. The number of fused-ring (bicyclic) bond motifs is 1. The highest BCUT2D eigenvalue weighted by molar-refractivity contribution is 7.86. The van der Waals surface area contributed by atoms with Gasteiger partial charge in [-0.3, -0.25) is 16.0 Å². The first kappa shape index (κ1) is 20.7. The van der Waals surface area contributed by atoms with Gasteiger partial charge in [-0.25, -0.2) is 4.79 Å². The normalized spacial score (nSPS) is 24.7. The van der Waals surface area contributed by atoms with Crippen molar-refractivity contribution in [2.75, 3.05) is 0 Å². The molecule has 0 spiro atoms. The van der Waals surface area contributed by atoms with Crippen LogP contribution in [0.5, 0.6) is 0 Å². The second-order valence-electron chi connectivity index (χ2n) is 5.84. The summed E-state index contributed by atoms with van der Waals surface area (Å²) in [5.41, 5.74) is 5.71. The van der Waals surface area contributed by atoms with E-state index in [1.807, 2.05) is 6.07 Å². The molecule has 2 aromatic carbocycles. The van der Waals surface area contributed by atoms with E-state index in [0.29, 0.717) is 5.39 Å². The third-order valence-electron chi connectivity index (χ3n) is 3.81. The van der Waals surface area contributed by atoms with Gasteiger partial charge in [0.05, 0.1) is 5.57 Å². The maximum atomic E-state index is 11.0. The lowest BCUT2D eigenvalue weighted by Crippen LogP contribution is -2.65. The van der Waals surface area contributed by atoms with Gasteiger partial charge in [0.15, 0.2) is 11.4 Å². The summed E-state index contributed by atoms with van der Waals surface area (Å²) in [5, 5.41) is 28.5. The van der Waals surface area contributed by atoms with Gasteiger partial charge in [-0.1, -0.05) is 36.4 Å². The Kier molecular flexibility index (Phi) is 5.52. The van der Waals surface area contributed by atoms with Crippen molar-refractivity contribution in [3.8, 4) is 0 Å². The van der Waals surface area contributed by atoms with Crippen LogP contribution in [0.3, 0.4) is 0 Å². The molecule has 3 rings (SSSR count). The molecule has 8 N–H and O–H groups in total. The second-order valence-corrected chi connectivity index (χ2v) is 7.23. The van der Waals surface area contributed by atoms with Crippen LogP contribution in [0.25, 0.3) is 10.8 Å². The zero-order valence-electron chi connectivity index (χ0n) is 13.9. The SMILES string of the molecule is NC1(O)C=CC(C(=O)O)=CC1(N)O.O=S(=O)(O)c1cccc2ccccc12. The van der Waals surface area contributed by atoms with Gasteiger partial charge >= 0.3 is 5.97 Å². The van der Waals surface area contributed by atoms with Crippen molar-refractivity contribution in [3.05, 3.63) is 66.3 Å². The number of carboxylic acids is 1. The van der Waals surface area contributed by atoms with E-state index >= 15 is 0 Å². The Morgan fingerprint density at radius 3 is 2.11 bits per heavy atom. The van der Waals surface area contributed by atoms with E-state index in [1.165, 1.54) is 6.07 Å². The minimum Gasteiger partial charge on any atom is -0.478 e. The molecule has 1 aliphatic carbocycles. The Morgan fingerprint density at radius 2 is 1.56 bits per heavy atom. The van der Waals surface area contributed by atoms with Crippen LogP contribution in [0.4, 0.5) is 0 Å². The van der Waals surface area contributed by atoms with E-state index in [0.717, 1.165) is 23.6 Å². The van der Waals surface area contributed by atoms with Crippen LogP contribution in [0.2, 0.25) is 0 Å². The lowest BCUT2D eigenvalue weighted by molar-refractivity contribution is -0.133. The molecule has 0 aromatic heterocycles. The number of hydrogen-bond acceptors (Lipinski definition) is 7. The van der Waals surface area contributed by atoms with Gasteiger partial charge in [0.2, 0.25) is 0 Å². The Hall–Kier alpha value is -2.60. The first-order valence-corrected chi connectivity index (χ1v) is 8.92. The van der Waals surface area contributed by atoms with Gasteiger partial charge in [0.25, 0.3) is 10.1 Å². The van der Waals surface area contributed by atoms with Gasteiger partial charge in [-0.2, -0.15) is 8.42 Å². The third kappa shape index (κ3) is 4.57. The minimum atomic E-state index is -4.13. The molecule has 0 radical (unpaired) electrons. The highest BCUT2D eigenvalue weighted by atomic mass is 32.2. The van der Waals surface area contributed by atoms with Gasteiger partial charge < -0.3 is 15.3 Å². The molecule has 2 atom stereocenters. The molecule has 0 saturated heterocycles. The monoisotopic (exact) mass is 394 g/mol. The fourth-order valence-electron chi connectivity index (χ4n) is 2.30. The Bertz CT molecular complexity index is 1030. The van der Waals surface area contributed by atoms with Crippen molar-refractivity contribution < 1.29 is 33.1 Å². The number of aliphatic hydroxyl groups is 2. The predicted molar refractivity (Wildman–Crippen MR) is 96.9 cm³/mol. The van der Waals surface area contributed by atoms with Crippen molar-refractivity contribution in [2.45, 2.75) is 16.3 Å². The first-order valence-electron chi connectivity index (χ1n) is 7.48. The number of carbonyl (C=O) groups is 1. The molecule has 0 fully saturated rings. The summed E-state index contributed by atoms with van der Waals surface area (Å²) in [5.74, 6) is -1.25. The summed E-state index contributed by atoms with van der Waals surface area (Å²) in [6.45, 7) is 0. The number of benzene rings is 2. The fraction of sp³-hybridized carbons (Fsp3) is 0.118. The number of rotatable bonds is 2. The lowest BCUT2D eigenvalue weighted by Gasteiger charge is -2.35. The van der Waals surface area contributed by atoms with Crippen molar-refractivity contribution in [2.24, 2.45) is 11.5 Å². The fourth-order valence-corrected chi connectivity index (χ4v) is 3.02. The number of nitrogens with two attached hydrogens (primary N) is 2.